The van der Waals surface area contributed by atoms with Gasteiger partial charge in [-0.15, -0.1) is 0 Å². The van der Waals surface area contributed by atoms with Crippen LogP contribution in [-0.4, -0.2) is 39.0 Å². The number of aryl methyl sites for hydroxylation is 1. The zero-order chi connectivity index (χ0) is 11.6. The quantitative estimate of drug-likeness (QED) is 0.815. The molecule has 2 N–H and O–H groups in total. The Morgan fingerprint density at radius 1 is 1.75 bits per heavy atom. The molecule has 1 fully saturated rings. The van der Waals surface area contributed by atoms with Gasteiger partial charge in [0.05, 0.1) is 6.20 Å². The van der Waals surface area contributed by atoms with Gasteiger partial charge >= 0.3 is 0 Å². The number of nitrogens with one attached hydrogen (secondary N) is 1. The van der Waals surface area contributed by atoms with E-state index in [0.29, 0.717) is 12.6 Å². The molecule has 2 unspecified atom stereocenters. The standard InChI is InChI=1S/C11H19N3OS/c1-11(15,9-5-13-14(2)6-9)8-12-10-3-4-16-7-10/h5-6,10,12,15H,3-4,7-8H2,1-2H3. The van der Waals surface area contributed by atoms with E-state index in [4.69, 9.17) is 0 Å². The number of aliphatic hydroxyl groups is 1. The molecule has 1 saturated heterocycles. The zero-order valence-electron chi connectivity index (χ0n) is 9.81. The van der Waals surface area contributed by atoms with Gasteiger partial charge in [0.2, 0.25) is 0 Å². The summed E-state index contributed by atoms with van der Waals surface area (Å²) < 4.78 is 1.72. The van der Waals surface area contributed by atoms with Crippen molar-refractivity contribution in [1.29, 1.82) is 0 Å². The van der Waals surface area contributed by atoms with Gasteiger partial charge < -0.3 is 10.4 Å². The summed E-state index contributed by atoms with van der Waals surface area (Å²) in [6, 6.07) is 0.549. The minimum absolute atomic E-state index is 0.549. The fourth-order valence-corrected chi connectivity index (χ4v) is 3.03. The van der Waals surface area contributed by atoms with Crippen molar-refractivity contribution in [3.63, 3.8) is 0 Å². The molecule has 16 heavy (non-hydrogen) atoms. The number of rotatable bonds is 4. The monoisotopic (exact) mass is 241 g/mol. The van der Waals surface area contributed by atoms with Crippen LogP contribution in [0.3, 0.4) is 0 Å². The Hall–Kier alpha value is -0.520. The van der Waals surface area contributed by atoms with Crippen LogP contribution in [0.15, 0.2) is 12.4 Å². The minimum Gasteiger partial charge on any atom is -0.384 e. The molecule has 0 spiro atoms. The molecule has 2 heterocycles. The van der Waals surface area contributed by atoms with Crippen LogP contribution in [0.2, 0.25) is 0 Å². The van der Waals surface area contributed by atoms with E-state index < -0.39 is 5.60 Å². The number of hydrogen-bond acceptors (Lipinski definition) is 4. The summed E-state index contributed by atoms with van der Waals surface area (Å²) in [5.41, 5.74) is 0.0368. The minimum atomic E-state index is -0.832. The van der Waals surface area contributed by atoms with Gasteiger partial charge in [-0.2, -0.15) is 16.9 Å². The number of hydrogen-bond donors (Lipinski definition) is 2. The Morgan fingerprint density at radius 3 is 3.12 bits per heavy atom. The molecular formula is C11H19N3OS. The molecule has 90 valence electrons. The molecule has 2 atom stereocenters. The van der Waals surface area contributed by atoms with Crippen LogP contribution in [0.4, 0.5) is 0 Å². The van der Waals surface area contributed by atoms with Crippen molar-refractivity contribution in [2.75, 3.05) is 18.1 Å². The molecule has 1 aromatic rings. The van der Waals surface area contributed by atoms with Gasteiger partial charge in [-0.1, -0.05) is 0 Å². The van der Waals surface area contributed by atoms with Crippen molar-refractivity contribution in [2.45, 2.75) is 25.0 Å². The van der Waals surface area contributed by atoms with Gasteiger partial charge in [-0.3, -0.25) is 4.68 Å². The second kappa shape index (κ2) is 4.77. The lowest BCUT2D eigenvalue weighted by Crippen LogP contribution is -2.40. The first kappa shape index (κ1) is 12.0. The molecular weight excluding hydrogens is 222 g/mol. The molecule has 0 aromatic carbocycles. The smallest absolute Gasteiger partial charge is 0.102 e. The van der Waals surface area contributed by atoms with E-state index in [0.717, 1.165) is 11.3 Å². The van der Waals surface area contributed by atoms with Crippen molar-refractivity contribution in [2.24, 2.45) is 7.05 Å². The molecule has 5 heteroatoms. The second-order valence-corrected chi connectivity index (χ2v) is 5.77. The van der Waals surface area contributed by atoms with Crippen molar-refractivity contribution in [3.8, 4) is 0 Å². The predicted molar refractivity (Wildman–Crippen MR) is 66.5 cm³/mol. The van der Waals surface area contributed by atoms with Gasteiger partial charge in [0.25, 0.3) is 0 Å². The molecule has 1 aliphatic rings. The lowest BCUT2D eigenvalue weighted by atomic mass is 9.99. The first-order chi connectivity index (χ1) is 7.58. The van der Waals surface area contributed by atoms with Crippen molar-refractivity contribution in [3.05, 3.63) is 18.0 Å². The second-order valence-electron chi connectivity index (χ2n) is 4.62. The Balaban J connectivity index is 1.91. The highest BCUT2D eigenvalue weighted by atomic mass is 32.2. The third-order valence-electron chi connectivity index (χ3n) is 2.99. The third-order valence-corrected chi connectivity index (χ3v) is 4.15. The normalized spacial score (nSPS) is 24.6. The molecule has 1 aromatic heterocycles. The summed E-state index contributed by atoms with van der Waals surface area (Å²) >= 11 is 1.97. The molecule has 2 rings (SSSR count). The van der Waals surface area contributed by atoms with Gasteiger partial charge in [0, 0.05) is 37.1 Å². The van der Waals surface area contributed by atoms with Crippen LogP contribution in [0.25, 0.3) is 0 Å². The van der Waals surface area contributed by atoms with E-state index in [1.165, 1.54) is 12.2 Å². The SMILES string of the molecule is Cn1cc(C(C)(O)CNC2CCSC2)cn1. The van der Waals surface area contributed by atoms with E-state index in [1.807, 2.05) is 31.9 Å². The lowest BCUT2D eigenvalue weighted by Gasteiger charge is -2.24. The Labute approximate surface area is 100 Å². The van der Waals surface area contributed by atoms with E-state index in [9.17, 15) is 5.11 Å². The molecule has 1 aliphatic heterocycles. The van der Waals surface area contributed by atoms with E-state index in [2.05, 4.69) is 10.4 Å². The van der Waals surface area contributed by atoms with Crippen molar-refractivity contribution in [1.82, 2.24) is 15.1 Å². The highest BCUT2D eigenvalue weighted by molar-refractivity contribution is 7.99. The summed E-state index contributed by atoms with van der Waals surface area (Å²) in [6.07, 6.45) is 4.80. The van der Waals surface area contributed by atoms with Gasteiger partial charge in [-0.05, 0) is 19.1 Å². The topological polar surface area (TPSA) is 50.1 Å². The summed E-state index contributed by atoms with van der Waals surface area (Å²) in [5.74, 6) is 2.38. The molecule has 0 aliphatic carbocycles. The fourth-order valence-electron chi connectivity index (χ4n) is 1.84. The van der Waals surface area contributed by atoms with Crippen LogP contribution in [-0.2, 0) is 12.6 Å². The van der Waals surface area contributed by atoms with Crippen LogP contribution in [0.1, 0.15) is 18.9 Å². The molecule has 0 saturated carbocycles. The maximum Gasteiger partial charge on any atom is 0.102 e. The van der Waals surface area contributed by atoms with Gasteiger partial charge in [0.15, 0.2) is 0 Å². The molecule has 0 amide bonds. The van der Waals surface area contributed by atoms with Crippen molar-refractivity contribution >= 4 is 11.8 Å². The Bertz CT molecular complexity index is 345. The van der Waals surface area contributed by atoms with Crippen LogP contribution >= 0.6 is 11.8 Å². The highest BCUT2D eigenvalue weighted by Crippen LogP contribution is 2.21. The first-order valence-corrected chi connectivity index (χ1v) is 6.76. The maximum atomic E-state index is 10.3. The van der Waals surface area contributed by atoms with Gasteiger partial charge in [-0.25, -0.2) is 0 Å². The van der Waals surface area contributed by atoms with E-state index >= 15 is 0 Å². The highest BCUT2D eigenvalue weighted by Gasteiger charge is 2.26. The van der Waals surface area contributed by atoms with Crippen LogP contribution < -0.4 is 5.32 Å². The number of thioether (sulfide) groups is 1. The fraction of sp³-hybridized carbons (Fsp3) is 0.727. The molecule has 4 nitrogen and oxygen atoms in total. The Morgan fingerprint density at radius 2 is 2.56 bits per heavy atom. The Kier molecular flexibility index (Phi) is 3.56. The van der Waals surface area contributed by atoms with E-state index in [-0.39, 0.29) is 0 Å². The first-order valence-electron chi connectivity index (χ1n) is 5.60. The molecule has 0 radical (unpaired) electrons. The summed E-state index contributed by atoms with van der Waals surface area (Å²) in [4.78, 5) is 0. The van der Waals surface area contributed by atoms with E-state index in [1.54, 1.807) is 10.9 Å². The molecule has 0 bridgehead atoms. The summed E-state index contributed by atoms with van der Waals surface area (Å²) in [5, 5.41) is 17.8. The predicted octanol–water partition coefficient (Wildman–Crippen LogP) is 0.723. The van der Waals surface area contributed by atoms with Crippen molar-refractivity contribution < 1.29 is 5.11 Å². The summed E-state index contributed by atoms with van der Waals surface area (Å²) in [7, 11) is 1.86. The maximum absolute atomic E-state index is 10.3. The number of nitrogens with zero attached hydrogens (tertiary/aromatic N) is 2. The van der Waals surface area contributed by atoms with Crippen LogP contribution in [0, 0.1) is 0 Å². The lowest BCUT2D eigenvalue weighted by molar-refractivity contribution is 0.0545. The largest absolute Gasteiger partial charge is 0.384 e. The zero-order valence-corrected chi connectivity index (χ0v) is 10.6. The van der Waals surface area contributed by atoms with Crippen LogP contribution in [0.5, 0.6) is 0 Å². The average Bonchev–Trinajstić information content (AvgIpc) is 2.85. The van der Waals surface area contributed by atoms with Gasteiger partial charge in [0.1, 0.15) is 5.60 Å². The third kappa shape index (κ3) is 2.78. The number of aromatic nitrogens is 2. The average molecular weight is 241 g/mol. The summed E-state index contributed by atoms with van der Waals surface area (Å²) in [6.45, 7) is 2.42.